The minimum Gasteiger partial charge on any atom is -0.466 e. The fourth-order valence-electron chi connectivity index (χ4n) is 11.3. The van der Waals surface area contributed by atoms with Crippen molar-refractivity contribution in [1.29, 1.82) is 0 Å². The van der Waals surface area contributed by atoms with Crippen molar-refractivity contribution in [2.45, 2.75) is 411 Å². The predicted octanol–water partition coefficient (Wildman–Crippen LogP) is 22.9. The van der Waals surface area contributed by atoms with Crippen LogP contribution in [0.5, 0.6) is 0 Å². The van der Waals surface area contributed by atoms with Crippen molar-refractivity contribution in [3.05, 3.63) is 24.3 Å². The highest BCUT2D eigenvalue weighted by atomic mass is 16.5. The number of ether oxygens (including phenoxy) is 1. The first-order chi connectivity index (χ1) is 38.5. The van der Waals surface area contributed by atoms with E-state index in [-0.39, 0.29) is 18.5 Å². The van der Waals surface area contributed by atoms with Crippen LogP contribution in [0.3, 0.4) is 0 Å². The maximum atomic E-state index is 12.6. The van der Waals surface area contributed by atoms with Crippen LogP contribution in [0.15, 0.2) is 24.3 Å². The van der Waals surface area contributed by atoms with Gasteiger partial charge < -0.3 is 20.3 Å². The Hall–Kier alpha value is -1.66. The van der Waals surface area contributed by atoms with E-state index in [1.807, 2.05) is 0 Å². The van der Waals surface area contributed by atoms with Gasteiger partial charge in [0.2, 0.25) is 5.91 Å². The van der Waals surface area contributed by atoms with Gasteiger partial charge in [0.25, 0.3) is 0 Å². The lowest BCUT2D eigenvalue weighted by Gasteiger charge is -2.22. The van der Waals surface area contributed by atoms with Crippen molar-refractivity contribution in [2.24, 2.45) is 0 Å². The largest absolute Gasteiger partial charge is 0.466 e. The molecule has 0 heterocycles. The molecular formula is C72H139NO5. The molecule has 2 atom stereocenters. The lowest BCUT2D eigenvalue weighted by molar-refractivity contribution is -0.143. The monoisotopic (exact) mass is 1100 g/mol. The Morgan fingerprint density at radius 3 is 1.00 bits per heavy atom. The molecule has 0 saturated heterocycles. The molecule has 0 rings (SSSR count). The van der Waals surface area contributed by atoms with Crippen molar-refractivity contribution in [2.75, 3.05) is 13.2 Å². The standard InChI is InChI=1S/C72H139NO5/c1-3-5-7-9-11-13-15-17-19-21-22-23-26-29-33-36-40-44-48-52-56-60-64-70(75)69(68-74)73-71(76)65-61-57-53-49-45-41-37-34-30-27-24-25-28-31-35-39-43-47-51-55-59-63-67-78-72(77)66-62-58-54-50-46-42-38-32-20-18-16-14-12-10-8-6-4-2/h12,14,18,20,69-70,74-75H,3-11,13,15-17,19,21-68H2,1-2H3,(H,73,76)/b14-12-,20-18-. The van der Waals surface area contributed by atoms with Crippen molar-refractivity contribution >= 4 is 11.9 Å². The first kappa shape index (κ1) is 76.3. The van der Waals surface area contributed by atoms with Crippen LogP contribution in [0.25, 0.3) is 0 Å². The second-order valence-corrected chi connectivity index (χ2v) is 24.6. The molecule has 3 N–H and O–H groups in total. The number of allylic oxidation sites excluding steroid dienone is 4. The molecule has 0 spiro atoms. The number of esters is 1. The summed E-state index contributed by atoms with van der Waals surface area (Å²) in [6.07, 6.45) is 85.0. The van der Waals surface area contributed by atoms with Crippen LogP contribution in [0.1, 0.15) is 399 Å². The molecule has 0 aromatic carbocycles. The van der Waals surface area contributed by atoms with Gasteiger partial charge in [0, 0.05) is 12.8 Å². The number of aliphatic hydroxyl groups excluding tert-OH is 2. The zero-order valence-electron chi connectivity index (χ0n) is 52.9. The van der Waals surface area contributed by atoms with Gasteiger partial charge in [0.1, 0.15) is 0 Å². The summed E-state index contributed by atoms with van der Waals surface area (Å²) in [6, 6.07) is -0.543. The number of carbonyl (C=O) groups is 2. The number of aliphatic hydroxyl groups is 2. The Labute approximate surface area is 488 Å². The van der Waals surface area contributed by atoms with Gasteiger partial charge in [0.15, 0.2) is 0 Å². The fraction of sp³-hybridized carbons (Fsp3) is 0.917. The van der Waals surface area contributed by atoms with E-state index in [4.69, 9.17) is 4.74 Å². The van der Waals surface area contributed by atoms with Crippen molar-refractivity contribution in [3.63, 3.8) is 0 Å². The molecule has 0 aromatic heterocycles. The molecule has 0 saturated carbocycles. The summed E-state index contributed by atoms with van der Waals surface area (Å²) in [6.45, 7) is 4.96. The normalized spacial score (nSPS) is 12.6. The zero-order valence-corrected chi connectivity index (χ0v) is 52.9. The fourth-order valence-corrected chi connectivity index (χ4v) is 11.3. The molecule has 0 aliphatic heterocycles. The average Bonchev–Trinajstić information content (AvgIpc) is 3.44. The smallest absolute Gasteiger partial charge is 0.305 e. The maximum Gasteiger partial charge on any atom is 0.305 e. The van der Waals surface area contributed by atoms with Gasteiger partial charge in [-0.05, 0) is 57.8 Å². The first-order valence-electron chi connectivity index (χ1n) is 35.6. The van der Waals surface area contributed by atoms with E-state index in [9.17, 15) is 19.8 Å². The van der Waals surface area contributed by atoms with E-state index in [0.29, 0.717) is 25.9 Å². The number of hydrogen-bond acceptors (Lipinski definition) is 5. The minimum absolute atomic E-state index is 0.00657. The highest BCUT2D eigenvalue weighted by Gasteiger charge is 2.20. The third-order valence-corrected chi connectivity index (χ3v) is 16.8. The molecule has 0 radical (unpaired) electrons. The first-order valence-corrected chi connectivity index (χ1v) is 35.6. The second kappa shape index (κ2) is 67.8. The molecule has 6 heteroatoms. The summed E-state index contributed by atoms with van der Waals surface area (Å²) < 4.78 is 5.50. The summed E-state index contributed by atoms with van der Waals surface area (Å²) in [5.74, 6) is -0.0241. The van der Waals surface area contributed by atoms with Crippen LogP contribution in [0, 0.1) is 0 Å². The van der Waals surface area contributed by atoms with Crippen LogP contribution in [0.4, 0.5) is 0 Å². The molecule has 0 aromatic rings. The Morgan fingerprint density at radius 2 is 0.641 bits per heavy atom. The van der Waals surface area contributed by atoms with Gasteiger partial charge in [-0.3, -0.25) is 9.59 Å². The van der Waals surface area contributed by atoms with E-state index in [2.05, 4.69) is 43.5 Å². The number of unbranched alkanes of at least 4 members (excludes halogenated alkanes) is 52. The Morgan fingerprint density at radius 1 is 0.359 bits per heavy atom. The quantitative estimate of drug-likeness (QED) is 0.0320. The minimum atomic E-state index is -0.666. The number of carbonyl (C=O) groups excluding carboxylic acids is 2. The topological polar surface area (TPSA) is 95.9 Å². The van der Waals surface area contributed by atoms with Crippen LogP contribution < -0.4 is 5.32 Å². The number of amides is 1. The highest BCUT2D eigenvalue weighted by molar-refractivity contribution is 5.76. The molecule has 0 aliphatic carbocycles. The lowest BCUT2D eigenvalue weighted by atomic mass is 10.0. The summed E-state index contributed by atoms with van der Waals surface area (Å²) >= 11 is 0. The third kappa shape index (κ3) is 63.5. The molecule has 0 bridgehead atoms. The van der Waals surface area contributed by atoms with Crippen LogP contribution in [-0.2, 0) is 14.3 Å². The molecule has 0 aliphatic rings. The van der Waals surface area contributed by atoms with E-state index < -0.39 is 12.1 Å². The summed E-state index contributed by atoms with van der Waals surface area (Å²) in [7, 11) is 0. The Kier molecular flexibility index (Phi) is 66.4. The van der Waals surface area contributed by atoms with Crippen molar-refractivity contribution in [3.8, 4) is 0 Å². The van der Waals surface area contributed by atoms with Crippen LogP contribution in [0.2, 0.25) is 0 Å². The van der Waals surface area contributed by atoms with Crippen LogP contribution in [-0.4, -0.2) is 47.4 Å². The van der Waals surface area contributed by atoms with Crippen molar-refractivity contribution in [1.82, 2.24) is 5.32 Å². The summed E-state index contributed by atoms with van der Waals surface area (Å²) in [5, 5.41) is 23.4. The summed E-state index contributed by atoms with van der Waals surface area (Å²) in [4.78, 5) is 24.6. The predicted molar refractivity (Wildman–Crippen MR) is 343 cm³/mol. The average molecular weight is 1100 g/mol. The van der Waals surface area contributed by atoms with Gasteiger partial charge in [-0.1, -0.05) is 353 Å². The molecule has 462 valence electrons. The van der Waals surface area contributed by atoms with Gasteiger partial charge in [0.05, 0.1) is 25.4 Å². The lowest BCUT2D eigenvalue weighted by Crippen LogP contribution is -2.45. The van der Waals surface area contributed by atoms with E-state index in [0.717, 1.165) is 51.4 Å². The van der Waals surface area contributed by atoms with Crippen molar-refractivity contribution < 1.29 is 24.5 Å². The number of nitrogens with one attached hydrogen (secondary N) is 1. The van der Waals surface area contributed by atoms with Crippen LogP contribution >= 0.6 is 0 Å². The number of hydrogen-bond donors (Lipinski definition) is 3. The van der Waals surface area contributed by atoms with Gasteiger partial charge >= 0.3 is 5.97 Å². The third-order valence-electron chi connectivity index (χ3n) is 16.8. The van der Waals surface area contributed by atoms with E-state index >= 15 is 0 Å². The number of rotatable bonds is 67. The molecule has 2 unspecified atom stereocenters. The van der Waals surface area contributed by atoms with E-state index in [1.54, 1.807) is 0 Å². The molecule has 78 heavy (non-hydrogen) atoms. The SMILES string of the molecule is CCCCC/C=C\C/C=C\CCCCCCCCCC(=O)OCCCCCCCCCCCCCCCCCCCCCCCCC(=O)NC(CO)C(O)CCCCCCCCCCCCCCCCCCCCCCCC. The Bertz CT molecular complexity index is 1220. The van der Waals surface area contributed by atoms with Gasteiger partial charge in [-0.2, -0.15) is 0 Å². The Balaban J connectivity index is 3.38. The molecule has 0 fully saturated rings. The van der Waals surface area contributed by atoms with Gasteiger partial charge in [-0.15, -0.1) is 0 Å². The zero-order chi connectivity index (χ0) is 56.4. The molecule has 6 nitrogen and oxygen atoms in total. The van der Waals surface area contributed by atoms with E-state index in [1.165, 1.54) is 315 Å². The highest BCUT2D eigenvalue weighted by Crippen LogP contribution is 2.19. The maximum absolute atomic E-state index is 12.6. The molecule has 1 amide bonds. The second-order valence-electron chi connectivity index (χ2n) is 24.6. The molecular weight excluding hydrogens is 959 g/mol. The van der Waals surface area contributed by atoms with Gasteiger partial charge in [-0.25, -0.2) is 0 Å². The summed E-state index contributed by atoms with van der Waals surface area (Å²) in [5.41, 5.74) is 0.